The molecule has 2 atom stereocenters. The van der Waals surface area contributed by atoms with Gasteiger partial charge < -0.3 is 41.0 Å². The van der Waals surface area contributed by atoms with E-state index in [0.29, 0.717) is 24.2 Å². The van der Waals surface area contributed by atoms with E-state index in [9.17, 15) is 24.0 Å². The number of nitrogens with zero attached hydrogens (tertiary/aromatic N) is 1. The van der Waals surface area contributed by atoms with E-state index in [1.807, 2.05) is 65.2 Å². The van der Waals surface area contributed by atoms with Gasteiger partial charge in [-0.15, -0.1) is 0 Å². The molecule has 0 aliphatic heterocycles. The molecule has 0 saturated carbocycles. The molecule has 1 aliphatic carbocycles. The van der Waals surface area contributed by atoms with Crippen molar-refractivity contribution in [1.29, 1.82) is 0 Å². The first kappa shape index (κ1) is 37.2. The topological polar surface area (TPSA) is 183 Å². The van der Waals surface area contributed by atoms with Crippen molar-refractivity contribution in [3.8, 4) is 11.1 Å². The van der Waals surface area contributed by atoms with E-state index in [1.165, 1.54) is 7.11 Å². The molecule has 13 nitrogen and oxygen atoms in total. The first-order valence-electron chi connectivity index (χ1n) is 17.1. The third-order valence-corrected chi connectivity index (χ3v) is 8.93. The molecule has 0 saturated heterocycles. The van der Waals surface area contributed by atoms with Crippen LogP contribution in [0, 0.1) is 5.92 Å². The molecule has 1 aliphatic rings. The lowest BCUT2D eigenvalue weighted by Crippen LogP contribution is -2.54. The van der Waals surface area contributed by atoms with Gasteiger partial charge in [-0.2, -0.15) is 0 Å². The molecule has 0 bridgehead atoms. The number of methoxy groups -OCH3 is 1. The molecule has 0 radical (unpaired) electrons. The van der Waals surface area contributed by atoms with E-state index in [4.69, 9.17) is 15.2 Å². The summed E-state index contributed by atoms with van der Waals surface area (Å²) >= 11 is 0. The highest BCUT2D eigenvalue weighted by Gasteiger charge is 2.32. The summed E-state index contributed by atoms with van der Waals surface area (Å²) in [4.78, 5) is 63.2. The van der Waals surface area contributed by atoms with E-state index in [-0.39, 0.29) is 31.4 Å². The smallest absolute Gasteiger partial charge is 0.407 e. The molecule has 13 heteroatoms. The van der Waals surface area contributed by atoms with Crippen molar-refractivity contribution in [1.82, 2.24) is 20.5 Å². The largest absolute Gasteiger partial charge is 0.465 e. The maximum Gasteiger partial charge on any atom is 0.407 e. The zero-order valence-electron chi connectivity index (χ0n) is 29.4. The van der Waals surface area contributed by atoms with Crippen LogP contribution < -0.4 is 27.0 Å². The number of amides is 5. The lowest BCUT2D eigenvalue weighted by atomic mass is 9.98. The molecule has 0 fully saturated rings. The van der Waals surface area contributed by atoms with Crippen LogP contribution in [0.25, 0.3) is 11.1 Å². The van der Waals surface area contributed by atoms with Gasteiger partial charge in [0.05, 0.1) is 12.7 Å². The second-order valence-electron chi connectivity index (χ2n) is 12.9. The van der Waals surface area contributed by atoms with Gasteiger partial charge in [0, 0.05) is 37.1 Å². The number of fused-ring (bicyclic) bond motifs is 3. The van der Waals surface area contributed by atoms with Crippen LogP contribution in [0.2, 0.25) is 0 Å². The SMILES string of the molecule is COC(=O)c1ccn(Cc2ccc(NC(=O)C(CCCNC(N)=O)NC(=O)C(NC(=O)OCC3c4ccccc4-c4ccccc43)C(C)C)cc2)c1. The average Bonchev–Trinajstić information content (AvgIpc) is 3.73. The van der Waals surface area contributed by atoms with Gasteiger partial charge in [-0.1, -0.05) is 74.5 Å². The zero-order valence-corrected chi connectivity index (χ0v) is 29.4. The van der Waals surface area contributed by atoms with Crippen molar-refractivity contribution in [3.05, 3.63) is 114 Å². The number of rotatable bonds is 15. The van der Waals surface area contributed by atoms with Crippen molar-refractivity contribution in [2.75, 3.05) is 25.6 Å². The first-order valence-corrected chi connectivity index (χ1v) is 17.1. The average molecular weight is 709 g/mol. The third-order valence-electron chi connectivity index (χ3n) is 8.93. The summed E-state index contributed by atoms with van der Waals surface area (Å²) in [5, 5.41) is 10.8. The van der Waals surface area contributed by atoms with Crippen molar-refractivity contribution in [2.24, 2.45) is 11.7 Å². The van der Waals surface area contributed by atoms with Crippen LogP contribution in [-0.2, 0) is 25.6 Å². The van der Waals surface area contributed by atoms with Crippen LogP contribution in [0.3, 0.4) is 0 Å². The molecule has 52 heavy (non-hydrogen) atoms. The predicted octanol–water partition coefficient (Wildman–Crippen LogP) is 4.76. The number of alkyl carbamates (subject to hydrolysis) is 1. The van der Waals surface area contributed by atoms with E-state index in [1.54, 1.807) is 44.4 Å². The lowest BCUT2D eigenvalue weighted by molar-refractivity contribution is -0.128. The van der Waals surface area contributed by atoms with Crippen molar-refractivity contribution < 1.29 is 33.4 Å². The number of anilines is 1. The van der Waals surface area contributed by atoms with Gasteiger partial charge in [0.25, 0.3) is 0 Å². The molecule has 272 valence electrons. The second-order valence-corrected chi connectivity index (χ2v) is 12.9. The Balaban J connectivity index is 1.20. The Morgan fingerprint density at radius 2 is 1.50 bits per heavy atom. The monoisotopic (exact) mass is 708 g/mol. The summed E-state index contributed by atoms with van der Waals surface area (Å²) in [6, 6.07) is 22.1. The van der Waals surface area contributed by atoms with E-state index < -0.39 is 42.0 Å². The number of benzene rings is 3. The van der Waals surface area contributed by atoms with Crippen LogP contribution in [0.4, 0.5) is 15.3 Å². The van der Waals surface area contributed by atoms with Crippen LogP contribution in [-0.4, -0.2) is 66.8 Å². The minimum Gasteiger partial charge on any atom is -0.465 e. The molecule has 6 N–H and O–H groups in total. The van der Waals surface area contributed by atoms with Crippen LogP contribution in [0.15, 0.2) is 91.3 Å². The van der Waals surface area contributed by atoms with Crippen molar-refractivity contribution in [3.63, 3.8) is 0 Å². The maximum atomic E-state index is 13.6. The fourth-order valence-corrected chi connectivity index (χ4v) is 6.26. The van der Waals surface area contributed by atoms with Gasteiger partial charge in [0.15, 0.2) is 0 Å². The Hall–Kier alpha value is -6.11. The van der Waals surface area contributed by atoms with Gasteiger partial charge in [-0.05, 0) is 64.8 Å². The number of primary amides is 1. The van der Waals surface area contributed by atoms with E-state index in [2.05, 4.69) is 21.3 Å². The standard InChI is InChI=1S/C39H44N6O7/c1-24(2)34(44-39(50)52-23-32-30-11-6-4-9-28(30)29-10-5-7-12-31(29)32)36(47)43-33(13-8-19-41-38(40)49)35(46)42-27-16-14-25(15-17-27)21-45-20-18-26(22-45)37(48)51-3/h4-7,9-12,14-18,20,22,24,32-34H,8,13,19,21,23H2,1-3H3,(H,42,46)(H,43,47)(H,44,50)(H3,40,41,49). The number of carbonyl (C=O) groups excluding carboxylic acids is 5. The highest BCUT2D eigenvalue weighted by Crippen LogP contribution is 2.44. The van der Waals surface area contributed by atoms with Gasteiger partial charge in [-0.25, -0.2) is 14.4 Å². The number of aromatic nitrogens is 1. The van der Waals surface area contributed by atoms with Gasteiger partial charge in [0.2, 0.25) is 11.8 Å². The number of nitrogens with two attached hydrogens (primary N) is 1. The Morgan fingerprint density at radius 3 is 2.12 bits per heavy atom. The molecular formula is C39H44N6O7. The molecule has 2 unspecified atom stereocenters. The molecule has 3 aromatic carbocycles. The van der Waals surface area contributed by atoms with Gasteiger partial charge in [0.1, 0.15) is 18.7 Å². The molecule has 1 heterocycles. The summed E-state index contributed by atoms with van der Waals surface area (Å²) in [5.74, 6) is -1.93. The molecule has 5 amide bonds. The molecule has 5 rings (SSSR count). The first-order chi connectivity index (χ1) is 25.0. The fraction of sp³-hybridized carbons (Fsp3) is 0.308. The summed E-state index contributed by atoms with van der Waals surface area (Å²) < 4.78 is 12.3. The Morgan fingerprint density at radius 1 is 0.846 bits per heavy atom. The molecular weight excluding hydrogens is 664 g/mol. The fourth-order valence-electron chi connectivity index (χ4n) is 6.26. The number of esters is 1. The maximum absolute atomic E-state index is 13.6. The highest BCUT2D eigenvalue weighted by atomic mass is 16.5. The van der Waals surface area contributed by atoms with Crippen LogP contribution in [0.5, 0.6) is 0 Å². The van der Waals surface area contributed by atoms with Crippen molar-refractivity contribution in [2.45, 2.75) is 51.2 Å². The van der Waals surface area contributed by atoms with Crippen molar-refractivity contribution >= 4 is 35.6 Å². The Bertz CT molecular complexity index is 1860. The number of ether oxygens (including phenoxy) is 2. The Labute approximate surface area is 302 Å². The van der Waals surface area contributed by atoms with Gasteiger partial charge in [-0.3, -0.25) is 9.59 Å². The molecule has 1 aromatic heterocycles. The molecule has 4 aromatic rings. The lowest BCUT2D eigenvalue weighted by Gasteiger charge is -2.25. The zero-order chi connectivity index (χ0) is 37.2. The number of hydrogen-bond donors (Lipinski definition) is 5. The minimum absolute atomic E-state index is 0.0862. The van der Waals surface area contributed by atoms with E-state index >= 15 is 0 Å². The summed E-state index contributed by atoms with van der Waals surface area (Å²) in [6.07, 6.45) is 3.24. The van der Waals surface area contributed by atoms with Gasteiger partial charge >= 0.3 is 18.1 Å². The minimum atomic E-state index is -0.998. The quantitative estimate of drug-likeness (QED) is 0.0872. The number of urea groups is 1. The third kappa shape index (κ3) is 9.36. The summed E-state index contributed by atoms with van der Waals surface area (Å²) in [6.45, 7) is 4.34. The van der Waals surface area contributed by atoms with Crippen LogP contribution in [0.1, 0.15) is 59.7 Å². The number of nitrogens with one attached hydrogen (secondary N) is 4. The predicted molar refractivity (Wildman–Crippen MR) is 196 cm³/mol. The summed E-state index contributed by atoms with van der Waals surface area (Å²) in [5.41, 5.74) is 11.4. The number of carbonyl (C=O) groups is 5. The molecule has 0 spiro atoms. The number of hydrogen-bond acceptors (Lipinski definition) is 7. The second kappa shape index (κ2) is 17.2. The summed E-state index contributed by atoms with van der Waals surface area (Å²) in [7, 11) is 1.33. The van der Waals surface area contributed by atoms with E-state index in [0.717, 1.165) is 27.8 Å². The highest BCUT2D eigenvalue weighted by molar-refractivity contribution is 5.98. The Kier molecular flexibility index (Phi) is 12.3. The van der Waals surface area contributed by atoms with Crippen LogP contribution >= 0.6 is 0 Å². The normalized spacial score (nSPS) is 12.9.